The van der Waals surface area contributed by atoms with Gasteiger partial charge in [0.25, 0.3) is 5.91 Å². The predicted molar refractivity (Wildman–Crippen MR) is 88.1 cm³/mol. The summed E-state index contributed by atoms with van der Waals surface area (Å²) < 4.78 is 14.8. The smallest absolute Gasteiger partial charge is 0.276 e. The molecule has 2 heterocycles. The van der Waals surface area contributed by atoms with E-state index in [-0.39, 0.29) is 17.8 Å². The van der Waals surface area contributed by atoms with Crippen LogP contribution in [0.4, 0.5) is 4.39 Å². The molecule has 0 aliphatic carbocycles. The van der Waals surface area contributed by atoms with Crippen molar-refractivity contribution in [3.8, 4) is 0 Å². The van der Waals surface area contributed by atoms with Crippen LogP contribution in [0.3, 0.4) is 0 Å². The Morgan fingerprint density at radius 3 is 2.67 bits per heavy atom. The van der Waals surface area contributed by atoms with Gasteiger partial charge in [0, 0.05) is 7.05 Å². The second-order valence-corrected chi connectivity index (χ2v) is 6.21. The first-order valence-electron chi connectivity index (χ1n) is 8.21. The maximum Gasteiger partial charge on any atom is 0.276 e. The molecule has 1 fully saturated rings. The summed E-state index contributed by atoms with van der Waals surface area (Å²) in [5.41, 5.74) is 1.21. The predicted octanol–water partition coefficient (Wildman–Crippen LogP) is 2.17. The molecule has 1 aliphatic rings. The van der Waals surface area contributed by atoms with Crippen LogP contribution in [0.25, 0.3) is 0 Å². The van der Waals surface area contributed by atoms with Gasteiger partial charge in [-0.15, -0.1) is 5.10 Å². The molecule has 1 aromatic carbocycles. The zero-order valence-electron chi connectivity index (χ0n) is 13.9. The Bertz CT molecular complexity index is 693. The van der Waals surface area contributed by atoms with Crippen molar-refractivity contribution in [2.24, 2.45) is 0 Å². The summed E-state index contributed by atoms with van der Waals surface area (Å²) in [5.74, 6) is -0.475. The maximum absolute atomic E-state index is 13.0. The number of hydrogen-bond donors (Lipinski definition) is 1. The second kappa shape index (κ2) is 7.09. The first-order chi connectivity index (χ1) is 11.6. The molecule has 1 amide bonds. The normalized spacial score (nSPS) is 16.8. The third-order valence-electron chi connectivity index (χ3n) is 4.67. The van der Waals surface area contributed by atoms with Gasteiger partial charge in [-0.1, -0.05) is 17.3 Å². The number of aromatic nitrogens is 3. The minimum Gasteiger partial charge on any atom is -0.334 e. The Labute approximate surface area is 140 Å². The fourth-order valence-electron chi connectivity index (χ4n) is 2.95. The van der Waals surface area contributed by atoms with Crippen LogP contribution in [-0.4, -0.2) is 45.9 Å². The van der Waals surface area contributed by atoms with Crippen molar-refractivity contribution in [1.82, 2.24) is 25.2 Å². The number of carbonyl (C=O) groups excluding carboxylic acids is 1. The molecule has 1 aliphatic heterocycles. The lowest BCUT2D eigenvalue weighted by atomic mass is 10.1. The molecular formula is C17H22FN5O. The fraction of sp³-hybridized carbons (Fsp3) is 0.471. The zero-order valence-corrected chi connectivity index (χ0v) is 13.9. The molecule has 1 N–H and O–H groups in total. The number of amides is 1. The van der Waals surface area contributed by atoms with E-state index in [1.165, 1.54) is 12.1 Å². The number of benzene rings is 1. The van der Waals surface area contributed by atoms with Gasteiger partial charge in [-0.05, 0) is 50.6 Å². The summed E-state index contributed by atoms with van der Waals surface area (Å²) >= 11 is 0. The van der Waals surface area contributed by atoms with Gasteiger partial charge in [0.2, 0.25) is 0 Å². The van der Waals surface area contributed by atoms with Gasteiger partial charge in [-0.25, -0.2) is 9.07 Å². The van der Waals surface area contributed by atoms with Crippen molar-refractivity contribution in [3.05, 3.63) is 47.5 Å². The third kappa shape index (κ3) is 3.46. The average Bonchev–Trinajstić information content (AvgIpc) is 3.11. The molecule has 7 heteroatoms. The molecule has 1 aromatic heterocycles. The number of rotatable bonds is 4. The van der Waals surface area contributed by atoms with Crippen LogP contribution in [0, 0.1) is 5.82 Å². The minimum atomic E-state index is -0.287. The summed E-state index contributed by atoms with van der Waals surface area (Å²) in [6.45, 7) is 3.81. The average molecular weight is 331 g/mol. The van der Waals surface area contributed by atoms with E-state index in [9.17, 15) is 9.18 Å². The van der Waals surface area contributed by atoms with E-state index in [1.807, 2.05) is 6.92 Å². The highest BCUT2D eigenvalue weighted by Gasteiger charge is 2.23. The summed E-state index contributed by atoms with van der Waals surface area (Å²) in [6, 6.07) is 6.29. The molecule has 0 radical (unpaired) electrons. The Kier molecular flexibility index (Phi) is 4.89. The van der Waals surface area contributed by atoms with E-state index >= 15 is 0 Å². The number of hydrogen-bond acceptors (Lipinski definition) is 4. The van der Waals surface area contributed by atoms with Crippen molar-refractivity contribution in [3.63, 3.8) is 0 Å². The summed E-state index contributed by atoms with van der Waals surface area (Å²) in [5, 5.41) is 11.5. The van der Waals surface area contributed by atoms with Gasteiger partial charge in [0.05, 0.1) is 18.3 Å². The molecule has 1 saturated heterocycles. The van der Waals surface area contributed by atoms with Crippen LogP contribution < -0.4 is 5.32 Å². The van der Waals surface area contributed by atoms with E-state index in [1.54, 1.807) is 35.0 Å². The van der Waals surface area contributed by atoms with Gasteiger partial charge >= 0.3 is 0 Å². The van der Waals surface area contributed by atoms with E-state index in [2.05, 4.69) is 15.6 Å². The van der Waals surface area contributed by atoms with Crippen LogP contribution in [0.15, 0.2) is 30.5 Å². The van der Waals surface area contributed by atoms with Crippen LogP contribution >= 0.6 is 0 Å². The molecule has 6 nitrogen and oxygen atoms in total. The molecule has 24 heavy (non-hydrogen) atoms. The topological polar surface area (TPSA) is 63.1 Å². The summed E-state index contributed by atoms with van der Waals surface area (Å²) in [6.07, 6.45) is 3.70. The van der Waals surface area contributed by atoms with Gasteiger partial charge in [0.15, 0.2) is 5.69 Å². The largest absolute Gasteiger partial charge is 0.334 e. The molecule has 0 saturated carbocycles. The van der Waals surface area contributed by atoms with Crippen molar-refractivity contribution in [1.29, 1.82) is 0 Å². The van der Waals surface area contributed by atoms with Crippen LogP contribution in [0.1, 0.15) is 47.9 Å². The quantitative estimate of drug-likeness (QED) is 0.933. The molecule has 3 rings (SSSR count). The number of nitrogens with zero attached hydrogens (tertiary/aromatic N) is 4. The highest BCUT2D eigenvalue weighted by atomic mass is 19.1. The van der Waals surface area contributed by atoms with Crippen LogP contribution in [-0.2, 0) is 0 Å². The maximum atomic E-state index is 13.0. The van der Waals surface area contributed by atoms with Crippen molar-refractivity contribution < 1.29 is 9.18 Å². The highest BCUT2D eigenvalue weighted by Crippen LogP contribution is 2.22. The van der Waals surface area contributed by atoms with Gasteiger partial charge in [-0.3, -0.25) is 4.79 Å². The highest BCUT2D eigenvalue weighted by molar-refractivity contribution is 5.92. The van der Waals surface area contributed by atoms with Gasteiger partial charge in [-0.2, -0.15) is 0 Å². The molecule has 0 bridgehead atoms. The van der Waals surface area contributed by atoms with Crippen molar-refractivity contribution >= 4 is 5.91 Å². The first kappa shape index (κ1) is 16.6. The SMILES string of the molecule is CC(c1ccc(F)cc1)N(C)C(=O)c1cn(C2CCNCC2)nn1. The van der Waals surface area contributed by atoms with Crippen molar-refractivity contribution in [2.75, 3.05) is 20.1 Å². The second-order valence-electron chi connectivity index (χ2n) is 6.21. The first-order valence-corrected chi connectivity index (χ1v) is 8.21. The summed E-state index contributed by atoms with van der Waals surface area (Å²) in [4.78, 5) is 14.2. The minimum absolute atomic E-state index is 0.179. The van der Waals surface area contributed by atoms with Gasteiger partial charge < -0.3 is 10.2 Å². The Morgan fingerprint density at radius 1 is 1.33 bits per heavy atom. The van der Waals surface area contributed by atoms with Crippen LogP contribution in [0.5, 0.6) is 0 Å². The van der Waals surface area contributed by atoms with Gasteiger partial charge in [0.1, 0.15) is 5.82 Å². The Morgan fingerprint density at radius 2 is 2.00 bits per heavy atom. The standard InChI is InChI=1S/C17H22FN5O/c1-12(13-3-5-14(18)6-4-13)22(2)17(24)16-11-23(21-20-16)15-7-9-19-10-8-15/h3-6,11-12,15,19H,7-10H2,1-2H3. The lowest BCUT2D eigenvalue weighted by molar-refractivity contribution is 0.0736. The molecule has 1 atom stereocenters. The monoisotopic (exact) mass is 331 g/mol. The number of piperidine rings is 1. The Balaban J connectivity index is 1.71. The lowest BCUT2D eigenvalue weighted by Gasteiger charge is -2.24. The van der Waals surface area contributed by atoms with E-state index in [0.717, 1.165) is 31.5 Å². The molecule has 1 unspecified atom stereocenters. The number of halogens is 1. The molecule has 0 spiro atoms. The van der Waals surface area contributed by atoms with E-state index in [0.29, 0.717) is 11.7 Å². The third-order valence-corrected chi connectivity index (χ3v) is 4.67. The molecular weight excluding hydrogens is 309 g/mol. The van der Waals surface area contributed by atoms with E-state index < -0.39 is 0 Å². The van der Waals surface area contributed by atoms with Crippen molar-refractivity contribution in [2.45, 2.75) is 31.8 Å². The molecule has 128 valence electrons. The Hall–Kier alpha value is -2.28. The van der Waals surface area contributed by atoms with E-state index in [4.69, 9.17) is 0 Å². The van der Waals surface area contributed by atoms with Crippen LogP contribution in [0.2, 0.25) is 0 Å². The lowest BCUT2D eigenvalue weighted by Crippen LogP contribution is -2.30. The summed E-state index contributed by atoms with van der Waals surface area (Å²) in [7, 11) is 1.72. The molecule has 2 aromatic rings. The zero-order chi connectivity index (χ0) is 17.1. The number of carbonyl (C=O) groups is 1. The number of nitrogens with one attached hydrogen (secondary N) is 1. The fourth-order valence-corrected chi connectivity index (χ4v) is 2.95.